The lowest BCUT2D eigenvalue weighted by molar-refractivity contribution is 0.278. The molecule has 118 valence electrons. The van der Waals surface area contributed by atoms with Crippen LogP contribution < -0.4 is 5.73 Å². The Morgan fingerprint density at radius 3 is 2.73 bits per heavy atom. The number of nitrogens with two attached hydrogens (primary N) is 1. The van der Waals surface area contributed by atoms with E-state index in [0.29, 0.717) is 11.8 Å². The summed E-state index contributed by atoms with van der Waals surface area (Å²) in [7, 11) is 0. The molecular weight excluding hydrogens is 298 g/mol. The lowest BCUT2D eigenvalue weighted by Gasteiger charge is -2.24. The second-order valence-electron chi connectivity index (χ2n) is 6.59. The van der Waals surface area contributed by atoms with E-state index in [1.165, 1.54) is 30.4 Å². The number of aromatic nitrogens is 2. The van der Waals surface area contributed by atoms with Crippen LogP contribution in [-0.2, 0) is 6.42 Å². The molecule has 1 aromatic heterocycles. The minimum absolute atomic E-state index is 0. The van der Waals surface area contributed by atoms with Crippen LogP contribution in [0, 0.1) is 18.8 Å². The van der Waals surface area contributed by atoms with E-state index in [-0.39, 0.29) is 24.4 Å². The van der Waals surface area contributed by atoms with Crippen LogP contribution in [0.3, 0.4) is 0 Å². The van der Waals surface area contributed by atoms with Crippen molar-refractivity contribution in [2.24, 2.45) is 17.6 Å². The Kier molecular flexibility index (Phi) is 4.24. The molecule has 22 heavy (non-hydrogen) atoms. The highest BCUT2D eigenvalue weighted by Gasteiger charge is 2.48. The van der Waals surface area contributed by atoms with Gasteiger partial charge in [-0.15, -0.1) is 12.4 Å². The van der Waals surface area contributed by atoms with Crippen LogP contribution in [0.5, 0.6) is 0 Å². The van der Waals surface area contributed by atoms with Crippen molar-refractivity contribution in [3.05, 3.63) is 47.1 Å². The first-order valence-electron chi connectivity index (χ1n) is 7.85. The first-order chi connectivity index (χ1) is 10.2. The summed E-state index contributed by atoms with van der Waals surface area (Å²) in [5.74, 6) is 3.12. The summed E-state index contributed by atoms with van der Waals surface area (Å²) in [6.07, 6.45) is 4.50. The quantitative estimate of drug-likeness (QED) is 0.943. The van der Waals surface area contributed by atoms with Gasteiger partial charge in [0, 0.05) is 12.5 Å². The highest BCUT2D eigenvalue weighted by atomic mass is 35.5. The van der Waals surface area contributed by atoms with Crippen molar-refractivity contribution >= 4 is 12.4 Å². The third-order valence-electron chi connectivity index (χ3n) is 5.36. The Morgan fingerprint density at radius 1 is 1.23 bits per heavy atom. The van der Waals surface area contributed by atoms with Crippen molar-refractivity contribution in [1.82, 2.24) is 10.1 Å². The molecule has 4 unspecified atom stereocenters. The molecule has 1 heterocycles. The number of rotatable bonds is 3. The summed E-state index contributed by atoms with van der Waals surface area (Å²) in [5.41, 5.74) is 8.87. The molecule has 0 aliphatic heterocycles. The third-order valence-corrected chi connectivity index (χ3v) is 5.36. The Morgan fingerprint density at radius 2 is 2.00 bits per heavy atom. The molecule has 2 bridgehead atoms. The average Bonchev–Trinajstić information content (AvgIpc) is 3.17. The Balaban J connectivity index is 0.00000144. The fourth-order valence-electron chi connectivity index (χ4n) is 4.16. The van der Waals surface area contributed by atoms with Crippen molar-refractivity contribution in [1.29, 1.82) is 0 Å². The highest BCUT2D eigenvalue weighted by Crippen LogP contribution is 2.51. The number of hydrogen-bond donors (Lipinski definition) is 1. The Bertz CT molecular complexity index is 655. The van der Waals surface area contributed by atoms with Crippen molar-refractivity contribution < 1.29 is 4.52 Å². The normalized spacial score (nSPS) is 29.5. The second-order valence-corrected chi connectivity index (χ2v) is 6.59. The van der Waals surface area contributed by atoms with Crippen molar-refractivity contribution in [3.8, 4) is 0 Å². The Labute approximate surface area is 136 Å². The van der Waals surface area contributed by atoms with Gasteiger partial charge < -0.3 is 10.3 Å². The standard InChI is InChI=1S/C17H21N3O.ClH/c1-10-4-2-3-5-11(10)9-14-19-17(21-20-14)15-12-6-7-13(8-12)16(15)18;/h2-5,12-13,15-16H,6-9,18H2,1H3;1H. The van der Waals surface area contributed by atoms with Gasteiger partial charge in [-0.25, -0.2) is 0 Å². The predicted molar refractivity (Wildman–Crippen MR) is 87.1 cm³/mol. The minimum atomic E-state index is 0. The molecule has 4 atom stereocenters. The average molecular weight is 320 g/mol. The summed E-state index contributed by atoms with van der Waals surface area (Å²) in [5, 5.41) is 4.17. The molecule has 2 fully saturated rings. The molecule has 2 aromatic rings. The zero-order chi connectivity index (χ0) is 14.4. The van der Waals surface area contributed by atoms with Crippen molar-refractivity contribution in [2.75, 3.05) is 0 Å². The summed E-state index contributed by atoms with van der Waals surface area (Å²) in [4.78, 5) is 4.64. The zero-order valence-corrected chi connectivity index (χ0v) is 13.6. The van der Waals surface area contributed by atoms with Crippen LogP contribution in [0.4, 0.5) is 0 Å². The van der Waals surface area contributed by atoms with E-state index in [9.17, 15) is 0 Å². The topological polar surface area (TPSA) is 64.9 Å². The van der Waals surface area contributed by atoms with E-state index >= 15 is 0 Å². The maximum atomic E-state index is 6.35. The maximum absolute atomic E-state index is 6.35. The molecule has 4 rings (SSSR count). The monoisotopic (exact) mass is 319 g/mol. The number of hydrogen-bond acceptors (Lipinski definition) is 4. The van der Waals surface area contributed by atoms with Gasteiger partial charge in [0.2, 0.25) is 5.89 Å². The van der Waals surface area contributed by atoms with E-state index in [4.69, 9.17) is 10.3 Å². The van der Waals surface area contributed by atoms with Gasteiger partial charge >= 0.3 is 0 Å². The van der Waals surface area contributed by atoms with Gasteiger partial charge in [0.25, 0.3) is 0 Å². The van der Waals surface area contributed by atoms with Gasteiger partial charge in [-0.2, -0.15) is 4.98 Å². The van der Waals surface area contributed by atoms with E-state index in [1.54, 1.807) is 0 Å². The third kappa shape index (κ3) is 2.55. The Hall–Kier alpha value is -1.39. The SMILES string of the molecule is Cc1ccccc1Cc1noc(C2C3CCC(C3)C2N)n1.Cl. The van der Waals surface area contributed by atoms with Crippen molar-refractivity contribution in [3.63, 3.8) is 0 Å². The van der Waals surface area contributed by atoms with Crippen LogP contribution in [0.1, 0.15) is 48.0 Å². The first-order valence-corrected chi connectivity index (χ1v) is 7.85. The molecule has 2 aliphatic rings. The van der Waals surface area contributed by atoms with Gasteiger partial charge in [0.05, 0.1) is 5.92 Å². The fourth-order valence-corrected chi connectivity index (χ4v) is 4.16. The van der Waals surface area contributed by atoms with Crippen LogP contribution >= 0.6 is 12.4 Å². The van der Waals surface area contributed by atoms with Gasteiger partial charge in [0.1, 0.15) is 0 Å². The number of halogens is 1. The van der Waals surface area contributed by atoms with Crippen LogP contribution in [0.2, 0.25) is 0 Å². The fraction of sp³-hybridized carbons (Fsp3) is 0.529. The van der Waals surface area contributed by atoms with Gasteiger partial charge in [-0.05, 0) is 49.1 Å². The number of benzene rings is 1. The smallest absolute Gasteiger partial charge is 0.231 e. The molecule has 0 radical (unpaired) electrons. The molecule has 5 heteroatoms. The first kappa shape index (κ1) is 15.5. The molecule has 2 saturated carbocycles. The summed E-state index contributed by atoms with van der Waals surface area (Å²) < 4.78 is 5.54. The minimum Gasteiger partial charge on any atom is -0.339 e. The predicted octanol–water partition coefficient (Wildman–Crippen LogP) is 3.23. The second kappa shape index (κ2) is 6.01. The van der Waals surface area contributed by atoms with Gasteiger partial charge in [-0.3, -0.25) is 0 Å². The van der Waals surface area contributed by atoms with Gasteiger partial charge in [-0.1, -0.05) is 29.4 Å². The number of fused-ring (bicyclic) bond motifs is 2. The molecule has 2 aliphatic carbocycles. The van der Waals surface area contributed by atoms with Crippen LogP contribution in [0.15, 0.2) is 28.8 Å². The highest BCUT2D eigenvalue weighted by molar-refractivity contribution is 5.85. The molecule has 2 N–H and O–H groups in total. The summed E-state index contributed by atoms with van der Waals surface area (Å²) >= 11 is 0. The molecular formula is C17H22ClN3O. The summed E-state index contributed by atoms with van der Waals surface area (Å²) in [6, 6.07) is 8.54. The van der Waals surface area contributed by atoms with Gasteiger partial charge in [0.15, 0.2) is 5.82 Å². The molecule has 0 spiro atoms. The van der Waals surface area contributed by atoms with Crippen LogP contribution in [0.25, 0.3) is 0 Å². The molecule has 0 saturated heterocycles. The molecule has 4 nitrogen and oxygen atoms in total. The van der Waals surface area contributed by atoms with Crippen LogP contribution in [-0.4, -0.2) is 16.2 Å². The van der Waals surface area contributed by atoms with Crippen molar-refractivity contribution in [2.45, 2.75) is 44.6 Å². The maximum Gasteiger partial charge on any atom is 0.231 e. The number of aryl methyl sites for hydroxylation is 1. The number of nitrogens with zero attached hydrogens (tertiary/aromatic N) is 2. The molecule has 1 aromatic carbocycles. The zero-order valence-electron chi connectivity index (χ0n) is 12.7. The lowest BCUT2D eigenvalue weighted by Crippen LogP contribution is -2.34. The lowest BCUT2D eigenvalue weighted by atomic mass is 9.85. The van der Waals surface area contributed by atoms with E-state index in [2.05, 4.69) is 41.3 Å². The van der Waals surface area contributed by atoms with E-state index in [1.807, 2.05) is 0 Å². The molecule has 0 amide bonds. The largest absolute Gasteiger partial charge is 0.339 e. The summed E-state index contributed by atoms with van der Waals surface area (Å²) in [6.45, 7) is 2.11. The van der Waals surface area contributed by atoms with E-state index < -0.39 is 0 Å². The van der Waals surface area contributed by atoms with E-state index in [0.717, 1.165) is 18.1 Å².